The summed E-state index contributed by atoms with van der Waals surface area (Å²) in [7, 11) is 0. The molecule has 8 heteroatoms. The van der Waals surface area contributed by atoms with Crippen molar-refractivity contribution in [3.05, 3.63) is 47.9 Å². The summed E-state index contributed by atoms with van der Waals surface area (Å²) in [5, 5.41) is 6.19. The zero-order valence-electron chi connectivity index (χ0n) is 11.9. The topological polar surface area (TPSA) is 102 Å². The number of ether oxygens (including phenoxy) is 2. The van der Waals surface area contributed by atoms with Gasteiger partial charge in [0.2, 0.25) is 6.79 Å². The zero-order valence-corrected chi connectivity index (χ0v) is 11.9. The summed E-state index contributed by atoms with van der Waals surface area (Å²) in [6.07, 6.45) is 2.85. The molecule has 1 aromatic carbocycles. The van der Waals surface area contributed by atoms with E-state index in [0.29, 0.717) is 22.8 Å². The van der Waals surface area contributed by atoms with Crippen LogP contribution < -0.4 is 20.2 Å². The molecule has 0 aliphatic carbocycles. The Morgan fingerprint density at radius 2 is 2.09 bits per heavy atom. The molecule has 23 heavy (non-hydrogen) atoms. The number of rotatable bonds is 5. The highest BCUT2D eigenvalue weighted by Gasteiger charge is 2.16. The van der Waals surface area contributed by atoms with Crippen LogP contribution in [0.4, 0.5) is 0 Å². The fourth-order valence-electron chi connectivity index (χ4n) is 1.87. The van der Waals surface area contributed by atoms with Gasteiger partial charge >= 0.3 is 0 Å². The van der Waals surface area contributed by atoms with E-state index in [1.165, 1.54) is 12.5 Å². The van der Waals surface area contributed by atoms with Crippen molar-refractivity contribution in [3.63, 3.8) is 0 Å². The summed E-state index contributed by atoms with van der Waals surface area (Å²) in [4.78, 5) is 23.5. The van der Waals surface area contributed by atoms with Crippen molar-refractivity contribution in [3.8, 4) is 11.5 Å². The molecule has 0 bridgehead atoms. The van der Waals surface area contributed by atoms with Gasteiger partial charge in [0.25, 0.3) is 11.8 Å². The maximum atomic E-state index is 12.0. The first-order valence-corrected chi connectivity index (χ1v) is 6.75. The molecule has 8 nitrogen and oxygen atoms in total. The van der Waals surface area contributed by atoms with Crippen LogP contribution in [-0.4, -0.2) is 31.4 Å². The van der Waals surface area contributed by atoms with Crippen molar-refractivity contribution >= 4 is 18.0 Å². The van der Waals surface area contributed by atoms with Crippen molar-refractivity contribution in [1.29, 1.82) is 0 Å². The van der Waals surface area contributed by atoms with Crippen molar-refractivity contribution in [2.45, 2.75) is 0 Å². The van der Waals surface area contributed by atoms with E-state index in [0.717, 1.165) is 0 Å². The molecule has 2 aromatic rings. The largest absolute Gasteiger partial charge is 0.463 e. The number of nitrogens with zero attached hydrogens (tertiary/aromatic N) is 1. The summed E-state index contributed by atoms with van der Waals surface area (Å²) in [5.41, 5.74) is 2.66. The van der Waals surface area contributed by atoms with Crippen molar-refractivity contribution in [2.75, 3.05) is 13.3 Å². The summed E-state index contributed by atoms with van der Waals surface area (Å²) in [5.74, 6) is 0.752. The van der Waals surface area contributed by atoms with Gasteiger partial charge in [-0.1, -0.05) is 0 Å². The number of amides is 2. The van der Waals surface area contributed by atoms with Crippen LogP contribution in [0, 0.1) is 0 Å². The Kier molecular flexibility index (Phi) is 4.23. The highest BCUT2D eigenvalue weighted by molar-refractivity contribution is 5.97. The standard InChI is InChI=1S/C15H13N3O5/c19-14(18-17-7-11-2-1-5-21-11)8-16-15(20)10-3-4-12-13(6-10)23-9-22-12/h1-7H,8-9H2,(H,16,20)(H,18,19). The smallest absolute Gasteiger partial charge is 0.259 e. The number of carbonyl (C=O) groups is 2. The average molecular weight is 315 g/mol. The van der Waals surface area contributed by atoms with E-state index in [1.807, 2.05) is 0 Å². The number of hydrazone groups is 1. The first kappa shape index (κ1) is 14.6. The number of hydrogen-bond donors (Lipinski definition) is 2. The molecule has 1 aromatic heterocycles. The van der Waals surface area contributed by atoms with Crippen LogP contribution in [-0.2, 0) is 4.79 Å². The monoisotopic (exact) mass is 315 g/mol. The van der Waals surface area contributed by atoms with E-state index < -0.39 is 11.8 Å². The van der Waals surface area contributed by atoms with Crippen molar-refractivity contribution < 1.29 is 23.5 Å². The maximum Gasteiger partial charge on any atom is 0.259 e. The van der Waals surface area contributed by atoms with E-state index >= 15 is 0 Å². The Morgan fingerprint density at radius 1 is 1.22 bits per heavy atom. The number of hydrogen-bond acceptors (Lipinski definition) is 6. The second-order valence-corrected chi connectivity index (χ2v) is 4.56. The highest BCUT2D eigenvalue weighted by Crippen LogP contribution is 2.32. The quantitative estimate of drug-likeness (QED) is 0.630. The summed E-state index contributed by atoms with van der Waals surface area (Å²) < 4.78 is 15.4. The third kappa shape index (κ3) is 3.67. The lowest BCUT2D eigenvalue weighted by molar-refractivity contribution is -0.120. The van der Waals surface area contributed by atoms with Crippen LogP contribution in [0.5, 0.6) is 11.5 Å². The van der Waals surface area contributed by atoms with E-state index in [1.54, 1.807) is 30.3 Å². The van der Waals surface area contributed by atoms with Crippen LogP contribution in [0.25, 0.3) is 0 Å². The normalized spacial score (nSPS) is 12.3. The minimum Gasteiger partial charge on any atom is -0.463 e. The fraction of sp³-hybridized carbons (Fsp3) is 0.133. The second kappa shape index (κ2) is 6.65. The number of furan rings is 1. The Labute approximate surface area is 131 Å². The zero-order chi connectivity index (χ0) is 16.1. The van der Waals surface area contributed by atoms with E-state index in [4.69, 9.17) is 13.9 Å². The summed E-state index contributed by atoms with van der Waals surface area (Å²) >= 11 is 0. The molecule has 3 rings (SSSR count). The van der Waals surface area contributed by atoms with Gasteiger partial charge in [0.05, 0.1) is 19.0 Å². The van der Waals surface area contributed by atoms with Crippen LogP contribution >= 0.6 is 0 Å². The molecule has 0 saturated carbocycles. The van der Waals surface area contributed by atoms with Gasteiger partial charge in [-0.15, -0.1) is 0 Å². The van der Waals surface area contributed by atoms with Gasteiger partial charge in [0.1, 0.15) is 5.76 Å². The third-order valence-electron chi connectivity index (χ3n) is 2.97. The van der Waals surface area contributed by atoms with Gasteiger partial charge in [0.15, 0.2) is 11.5 Å². The molecule has 0 radical (unpaired) electrons. The first-order chi connectivity index (χ1) is 11.2. The number of carbonyl (C=O) groups excluding carboxylic acids is 2. The van der Waals surface area contributed by atoms with Gasteiger partial charge in [-0.3, -0.25) is 9.59 Å². The molecule has 0 atom stereocenters. The predicted molar refractivity (Wildman–Crippen MR) is 79.3 cm³/mol. The molecule has 2 heterocycles. The van der Waals surface area contributed by atoms with E-state index in [9.17, 15) is 9.59 Å². The predicted octanol–water partition coefficient (Wildman–Crippen LogP) is 0.888. The van der Waals surface area contributed by atoms with Crippen LogP contribution in [0.15, 0.2) is 46.1 Å². The minimum atomic E-state index is -0.457. The lowest BCUT2D eigenvalue weighted by Crippen LogP contribution is -2.34. The van der Waals surface area contributed by atoms with Gasteiger partial charge < -0.3 is 19.2 Å². The van der Waals surface area contributed by atoms with E-state index in [2.05, 4.69) is 15.8 Å². The lowest BCUT2D eigenvalue weighted by Gasteiger charge is -2.05. The third-order valence-corrected chi connectivity index (χ3v) is 2.97. The molecule has 0 unspecified atom stereocenters. The molecule has 2 amide bonds. The molecule has 118 valence electrons. The molecule has 0 saturated heterocycles. The first-order valence-electron chi connectivity index (χ1n) is 6.75. The number of nitrogens with one attached hydrogen (secondary N) is 2. The van der Waals surface area contributed by atoms with Gasteiger partial charge in [-0.05, 0) is 30.3 Å². The van der Waals surface area contributed by atoms with Gasteiger partial charge in [0, 0.05) is 5.56 Å². The molecule has 0 spiro atoms. The maximum absolute atomic E-state index is 12.0. The summed E-state index contributed by atoms with van der Waals surface area (Å²) in [6.45, 7) is -0.0702. The average Bonchev–Trinajstić information content (AvgIpc) is 3.23. The molecule has 1 aliphatic rings. The molecular formula is C15H13N3O5. The van der Waals surface area contributed by atoms with Gasteiger partial charge in [-0.25, -0.2) is 5.43 Å². The fourth-order valence-corrected chi connectivity index (χ4v) is 1.87. The Balaban J connectivity index is 1.47. The van der Waals surface area contributed by atoms with Crippen molar-refractivity contribution in [1.82, 2.24) is 10.7 Å². The Morgan fingerprint density at radius 3 is 2.91 bits per heavy atom. The van der Waals surface area contributed by atoms with Crippen LogP contribution in [0.1, 0.15) is 16.1 Å². The molecule has 1 aliphatic heterocycles. The second-order valence-electron chi connectivity index (χ2n) is 4.56. The highest BCUT2D eigenvalue weighted by atomic mass is 16.7. The van der Waals surface area contributed by atoms with Crippen LogP contribution in [0.3, 0.4) is 0 Å². The molecule has 2 N–H and O–H groups in total. The summed E-state index contributed by atoms with van der Waals surface area (Å²) in [6, 6.07) is 8.19. The Hall–Kier alpha value is -3.29. The van der Waals surface area contributed by atoms with E-state index in [-0.39, 0.29) is 13.3 Å². The SMILES string of the molecule is O=C(CNC(=O)c1ccc2c(c1)OCO2)NN=Cc1ccco1. The Bertz CT molecular complexity index is 740. The lowest BCUT2D eigenvalue weighted by atomic mass is 10.2. The van der Waals surface area contributed by atoms with Gasteiger partial charge in [-0.2, -0.15) is 5.10 Å². The van der Waals surface area contributed by atoms with Crippen molar-refractivity contribution in [2.24, 2.45) is 5.10 Å². The number of fused-ring (bicyclic) bond motifs is 1. The number of benzene rings is 1. The minimum absolute atomic E-state index is 0.135. The van der Waals surface area contributed by atoms with Crippen LogP contribution in [0.2, 0.25) is 0 Å². The molecule has 0 fully saturated rings. The molecular weight excluding hydrogens is 302 g/mol.